The molecule has 21 heavy (non-hydrogen) atoms. The minimum Gasteiger partial charge on any atom is -0.320 e. The zero-order chi connectivity index (χ0) is 15.6. The Balaban J connectivity index is 2.26. The van der Waals surface area contributed by atoms with Crippen molar-refractivity contribution in [2.75, 3.05) is 5.32 Å². The van der Waals surface area contributed by atoms with Crippen LogP contribution in [0.2, 0.25) is 0 Å². The average Bonchev–Trinajstić information content (AvgIpc) is 2.88. The topological polar surface area (TPSA) is 115 Å². The van der Waals surface area contributed by atoms with Crippen LogP contribution in [0.4, 0.5) is 5.69 Å². The molecule has 10 heteroatoms. The molecule has 0 spiro atoms. The van der Waals surface area contributed by atoms with Gasteiger partial charge in [0.1, 0.15) is 4.88 Å². The number of nitrogens with zero attached hydrogens (tertiary/aromatic N) is 2. The van der Waals surface area contributed by atoms with Crippen LogP contribution in [0, 0.1) is 0 Å². The quantitative estimate of drug-likeness (QED) is 0.824. The lowest BCUT2D eigenvalue weighted by Gasteiger charge is -2.08. The molecule has 1 heterocycles. The van der Waals surface area contributed by atoms with E-state index >= 15 is 0 Å². The Hall–Kier alpha value is -1.36. The lowest BCUT2D eigenvalue weighted by atomic mass is 10.2. The van der Waals surface area contributed by atoms with Gasteiger partial charge in [-0.1, -0.05) is 11.4 Å². The van der Waals surface area contributed by atoms with Crippen LogP contribution in [0.3, 0.4) is 0 Å². The van der Waals surface area contributed by atoms with Gasteiger partial charge in [0.05, 0.1) is 16.3 Å². The van der Waals surface area contributed by atoms with E-state index in [0.717, 1.165) is 11.5 Å². The molecule has 0 aliphatic rings. The predicted octanol–water partition coefficient (Wildman–Crippen LogP) is 1.76. The largest absolute Gasteiger partial charge is 0.320 e. The Bertz CT molecular complexity index is 789. The van der Waals surface area contributed by atoms with E-state index in [9.17, 15) is 13.2 Å². The van der Waals surface area contributed by atoms with Gasteiger partial charge in [-0.15, -0.1) is 5.10 Å². The number of anilines is 1. The summed E-state index contributed by atoms with van der Waals surface area (Å²) in [5, 5.41) is 11.6. The molecule has 0 unspecified atom stereocenters. The molecule has 3 N–H and O–H groups in total. The number of sulfonamides is 1. The maximum absolute atomic E-state index is 12.1. The minimum atomic E-state index is -3.79. The first-order valence-electron chi connectivity index (χ1n) is 5.78. The molecule has 0 atom stereocenters. The smallest absolute Gasteiger partial charge is 0.269 e. The van der Waals surface area contributed by atoms with Gasteiger partial charge >= 0.3 is 0 Å². The highest BCUT2D eigenvalue weighted by atomic mass is 79.9. The van der Waals surface area contributed by atoms with Gasteiger partial charge in [-0.3, -0.25) is 4.79 Å². The van der Waals surface area contributed by atoms with Crippen molar-refractivity contribution in [3.05, 3.63) is 33.2 Å². The molecule has 0 saturated heterocycles. The molecule has 1 amide bonds. The normalized spacial score (nSPS) is 11.4. The second-order valence-electron chi connectivity index (χ2n) is 4.04. The Morgan fingerprint density at radius 1 is 1.48 bits per heavy atom. The maximum Gasteiger partial charge on any atom is 0.269 e. The number of halogens is 1. The molecule has 2 rings (SSSR count). The number of amides is 1. The number of aromatic nitrogens is 2. The van der Waals surface area contributed by atoms with E-state index in [4.69, 9.17) is 5.14 Å². The third-order valence-corrected chi connectivity index (χ3v) is 4.95. The number of hydrogen-bond donors (Lipinski definition) is 2. The van der Waals surface area contributed by atoms with Crippen LogP contribution in [-0.2, 0) is 16.4 Å². The average molecular weight is 391 g/mol. The highest BCUT2D eigenvalue weighted by Gasteiger charge is 2.17. The van der Waals surface area contributed by atoms with Gasteiger partial charge in [0.15, 0.2) is 0 Å². The van der Waals surface area contributed by atoms with Crippen molar-refractivity contribution in [2.24, 2.45) is 5.14 Å². The van der Waals surface area contributed by atoms with Crippen LogP contribution < -0.4 is 10.5 Å². The first kappa shape index (κ1) is 16.0. The second-order valence-corrected chi connectivity index (χ2v) is 7.21. The van der Waals surface area contributed by atoms with Crippen LogP contribution in [0.1, 0.15) is 22.3 Å². The summed E-state index contributed by atoms with van der Waals surface area (Å²) in [6, 6.07) is 4.11. The summed E-state index contributed by atoms with van der Waals surface area (Å²) in [6.07, 6.45) is 0.602. The summed E-state index contributed by atoms with van der Waals surface area (Å²) < 4.78 is 26.6. The van der Waals surface area contributed by atoms with Crippen molar-refractivity contribution in [2.45, 2.75) is 18.2 Å². The summed E-state index contributed by atoms with van der Waals surface area (Å²) in [5.74, 6) is -0.342. The number of benzene rings is 1. The van der Waals surface area contributed by atoms with Crippen molar-refractivity contribution >= 4 is 49.1 Å². The molecule has 0 aliphatic carbocycles. The summed E-state index contributed by atoms with van der Waals surface area (Å²) in [5.41, 5.74) is 1.05. The van der Waals surface area contributed by atoms with Gasteiger partial charge in [-0.05, 0) is 52.1 Å². The molecule has 1 aromatic carbocycles. The molecule has 0 aliphatic heterocycles. The van der Waals surface area contributed by atoms with E-state index in [1.165, 1.54) is 18.2 Å². The number of nitrogens with two attached hydrogens (primary N) is 1. The molecule has 0 bridgehead atoms. The van der Waals surface area contributed by atoms with Crippen LogP contribution in [0.25, 0.3) is 0 Å². The molecular weight excluding hydrogens is 380 g/mol. The number of hydrogen-bond acceptors (Lipinski definition) is 6. The van der Waals surface area contributed by atoms with Gasteiger partial charge in [0.25, 0.3) is 5.91 Å². The van der Waals surface area contributed by atoms with Crippen molar-refractivity contribution in [3.8, 4) is 0 Å². The van der Waals surface area contributed by atoms with Crippen LogP contribution in [0.5, 0.6) is 0 Å². The monoisotopic (exact) mass is 390 g/mol. The van der Waals surface area contributed by atoms with E-state index < -0.39 is 10.0 Å². The fourth-order valence-electron chi connectivity index (χ4n) is 1.57. The molecule has 7 nitrogen and oxygen atoms in total. The first-order chi connectivity index (χ1) is 9.82. The summed E-state index contributed by atoms with van der Waals surface area (Å²) in [7, 11) is -3.79. The second kappa shape index (κ2) is 6.18. The Morgan fingerprint density at radius 3 is 2.76 bits per heavy atom. The first-order valence-corrected chi connectivity index (χ1v) is 8.89. The molecule has 0 saturated carbocycles. The molecular formula is C11H11BrN4O3S2. The van der Waals surface area contributed by atoms with E-state index in [1.807, 2.05) is 6.92 Å². The minimum absolute atomic E-state index is 0.0407. The van der Waals surface area contributed by atoms with E-state index in [0.29, 0.717) is 27.2 Å². The molecule has 0 radical (unpaired) electrons. The van der Waals surface area contributed by atoms with Gasteiger partial charge in [-0.25, -0.2) is 13.6 Å². The maximum atomic E-state index is 12.1. The van der Waals surface area contributed by atoms with Crippen molar-refractivity contribution in [3.63, 3.8) is 0 Å². The summed E-state index contributed by atoms with van der Waals surface area (Å²) in [4.78, 5) is 12.5. The zero-order valence-corrected chi connectivity index (χ0v) is 14.0. The van der Waals surface area contributed by atoms with Crippen molar-refractivity contribution in [1.29, 1.82) is 0 Å². The molecule has 112 valence electrons. The third kappa shape index (κ3) is 3.64. The van der Waals surface area contributed by atoms with Crippen molar-refractivity contribution < 1.29 is 13.2 Å². The van der Waals surface area contributed by atoms with Gasteiger partial charge < -0.3 is 5.32 Å². The van der Waals surface area contributed by atoms with Crippen LogP contribution in [0.15, 0.2) is 27.6 Å². The van der Waals surface area contributed by atoms with Gasteiger partial charge in [0.2, 0.25) is 10.0 Å². The number of carbonyl (C=O) groups excluding carboxylic acids is 1. The third-order valence-electron chi connectivity index (χ3n) is 2.61. The number of nitrogens with one attached hydrogen (secondary N) is 1. The van der Waals surface area contributed by atoms with E-state index in [-0.39, 0.29) is 10.8 Å². The fraction of sp³-hybridized carbons (Fsp3) is 0.182. The van der Waals surface area contributed by atoms with Gasteiger partial charge in [0, 0.05) is 4.47 Å². The van der Waals surface area contributed by atoms with Crippen LogP contribution >= 0.6 is 27.5 Å². The zero-order valence-electron chi connectivity index (χ0n) is 10.8. The van der Waals surface area contributed by atoms with Crippen LogP contribution in [-0.4, -0.2) is 23.9 Å². The standard InChI is InChI=1S/C11H11BrN4O3S2/c1-2-8-10(20-16-15-8)11(17)14-9-4-3-6(5-7(9)12)21(13,18)19/h3-5H,2H2,1H3,(H,14,17)(H2,13,18,19). The fourth-order valence-corrected chi connectivity index (χ4v) is 3.38. The Morgan fingerprint density at radius 2 is 2.19 bits per heavy atom. The number of rotatable bonds is 4. The SMILES string of the molecule is CCc1nnsc1C(=O)Nc1ccc(S(N)(=O)=O)cc1Br. The van der Waals surface area contributed by atoms with E-state index in [2.05, 4.69) is 30.8 Å². The van der Waals surface area contributed by atoms with E-state index in [1.54, 1.807) is 0 Å². The predicted molar refractivity (Wildman–Crippen MR) is 82.8 cm³/mol. The van der Waals surface area contributed by atoms with Crippen molar-refractivity contribution in [1.82, 2.24) is 9.59 Å². The Labute approximate surface area is 133 Å². The van der Waals surface area contributed by atoms with Gasteiger partial charge in [-0.2, -0.15) is 0 Å². The molecule has 1 aromatic heterocycles. The number of primary sulfonamides is 1. The highest BCUT2D eigenvalue weighted by molar-refractivity contribution is 9.10. The highest BCUT2D eigenvalue weighted by Crippen LogP contribution is 2.26. The lowest BCUT2D eigenvalue weighted by molar-refractivity contribution is 0.102. The summed E-state index contributed by atoms with van der Waals surface area (Å²) in [6.45, 7) is 1.88. The lowest BCUT2D eigenvalue weighted by Crippen LogP contribution is -2.14. The molecule has 0 fully saturated rings. The summed E-state index contributed by atoms with van der Waals surface area (Å²) >= 11 is 4.21. The number of aryl methyl sites for hydroxylation is 1. The number of carbonyl (C=O) groups is 1. The Kier molecular flexibility index (Phi) is 4.71. The molecule has 2 aromatic rings.